The van der Waals surface area contributed by atoms with Crippen LogP contribution >= 0.6 is 11.8 Å². The van der Waals surface area contributed by atoms with Gasteiger partial charge < -0.3 is 5.32 Å². The summed E-state index contributed by atoms with van der Waals surface area (Å²) in [4.78, 5) is 29.5. The number of anilines is 1. The van der Waals surface area contributed by atoms with Gasteiger partial charge in [-0.05, 0) is 50.1 Å². The second kappa shape index (κ2) is 7.74. The fourth-order valence-corrected chi connectivity index (χ4v) is 3.59. The third kappa shape index (κ3) is 3.80. The Hall–Kier alpha value is -2.60. The first kappa shape index (κ1) is 18.2. The molecule has 6 heteroatoms. The summed E-state index contributed by atoms with van der Waals surface area (Å²) in [6, 6.07) is 13.2. The Balaban J connectivity index is 1.80. The smallest absolute Gasteiger partial charge is 0.262 e. The highest BCUT2D eigenvalue weighted by molar-refractivity contribution is 7.99. The zero-order valence-electron chi connectivity index (χ0n) is 15.1. The number of aryl methyl sites for hydroxylation is 2. The minimum absolute atomic E-state index is 0.0736. The summed E-state index contributed by atoms with van der Waals surface area (Å²) in [5.41, 5.74) is 3.50. The first-order valence-electron chi connectivity index (χ1n) is 8.49. The predicted molar refractivity (Wildman–Crippen MR) is 107 cm³/mol. The lowest BCUT2D eigenvalue weighted by molar-refractivity contribution is -0.113. The molecule has 0 aliphatic heterocycles. The molecule has 5 nitrogen and oxygen atoms in total. The van der Waals surface area contributed by atoms with Crippen LogP contribution in [0.3, 0.4) is 0 Å². The highest BCUT2D eigenvalue weighted by atomic mass is 32.2. The molecular formula is C20H21N3O2S. The van der Waals surface area contributed by atoms with E-state index in [9.17, 15) is 9.59 Å². The number of hydrogen-bond acceptors (Lipinski definition) is 4. The molecule has 0 fully saturated rings. The summed E-state index contributed by atoms with van der Waals surface area (Å²) < 4.78 is 1.61. The molecule has 0 spiro atoms. The quantitative estimate of drug-likeness (QED) is 0.551. The number of amides is 1. The monoisotopic (exact) mass is 367 g/mol. The Morgan fingerprint density at radius 2 is 1.96 bits per heavy atom. The van der Waals surface area contributed by atoms with Crippen molar-refractivity contribution < 1.29 is 4.79 Å². The maximum atomic E-state index is 12.6. The highest BCUT2D eigenvalue weighted by Crippen LogP contribution is 2.20. The second-order valence-corrected chi connectivity index (χ2v) is 7.06. The van der Waals surface area contributed by atoms with Gasteiger partial charge in [0.25, 0.3) is 5.56 Å². The van der Waals surface area contributed by atoms with Gasteiger partial charge in [-0.25, -0.2) is 4.98 Å². The second-order valence-electron chi connectivity index (χ2n) is 6.12. The summed E-state index contributed by atoms with van der Waals surface area (Å²) in [5.74, 6) is 0.0757. The molecule has 1 N–H and O–H groups in total. The van der Waals surface area contributed by atoms with Crippen LogP contribution < -0.4 is 10.9 Å². The van der Waals surface area contributed by atoms with Crippen LogP contribution in [0.5, 0.6) is 0 Å². The van der Waals surface area contributed by atoms with Gasteiger partial charge >= 0.3 is 0 Å². The molecule has 0 saturated carbocycles. The molecule has 2 aromatic carbocycles. The van der Waals surface area contributed by atoms with Gasteiger partial charge in [0, 0.05) is 12.2 Å². The molecule has 26 heavy (non-hydrogen) atoms. The van der Waals surface area contributed by atoms with Gasteiger partial charge in [0.15, 0.2) is 5.16 Å². The van der Waals surface area contributed by atoms with Crippen molar-refractivity contribution in [3.8, 4) is 0 Å². The van der Waals surface area contributed by atoms with Gasteiger partial charge in [0.05, 0.1) is 16.7 Å². The summed E-state index contributed by atoms with van der Waals surface area (Å²) in [6.07, 6.45) is 0. The van der Waals surface area contributed by atoms with E-state index in [1.807, 2.05) is 57.2 Å². The van der Waals surface area contributed by atoms with E-state index < -0.39 is 0 Å². The van der Waals surface area contributed by atoms with Gasteiger partial charge in [-0.15, -0.1) is 0 Å². The van der Waals surface area contributed by atoms with E-state index in [2.05, 4.69) is 10.3 Å². The highest BCUT2D eigenvalue weighted by Gasteiger charge is 2.12. The molecule has 0 atom stereocenters. The van der Waals surface area contributed by atoms with Crippen molar-refractivity contribution in [2.24, 2.45) is 0 Å². The van der Waals surface area contributed by atoms with Crippen LogP contribution in [0.25, 0.3) is 10.9 Å². The summed E-state index contributed by atoms with van der Waals surface area (Å²) in [5, 5.41) is 4.09. The Bertz CT molecular complexity index is 1030. The van der Waals surface area contributed by atoms with Gasteiger partial charge in [0.2, 0.25) is 5.91 Å². The fraction of sp³-hybridized carbons (Fsp3) is 0.250. The van der Waals surface area contributed by atoms with E-state index in [1.165, 1.54) is 11.8 Å². The molecule has 1 aromatic heterocycles. The van der Waals surface area contributed by atoms with Crippen LogP contribution in [-0.2, 0) is 11.3 Å². The van der Waals surface area contributed by atoms with Gasteiger partial charge in [-0.1, -0.05) is 36.0 Å². The lowest BCUT2D eigenvalue weighted by atomic mass is 10.1. The van der Waals surface area contributed by atoms with E-state index >= 15 is 0 Å². The number of aromatic nitrogens is 2. The number of nitrogens with zero attached hydrogens (tertiary/aromatic N) is 2. The Morgan fingerprint density at radius 3 is 2.73 bits per heavy atom. The summed E-state index contributed by atoms with van der Waals surface area (Å²) in [6.45, 7) is 6.36. The van der Waals surface area contributed by atoms with Gasteiger partial charge in [-0.2, -0.15) is 0 Å². The molecule has 1 heterocycles. The molecule has 0 unspecified atom stereocenters. The zero-order chi connectivity index (χ0) is 18.7. The molecule has 0 saturated heterocycles. The third-order valence-electron chi connectivity index (χ3n) is 4.14. The van der Waals surface area contributed by atoms with Crippen LogP contribution in [0.2, 0.25) is 0 Å². The number of carbonyl (C=O) groups excluding carboxylic acids is 1. The van der Waals surface area contributed by atoms with E-state index in [1.54, 1.807) is 10.6 Å². The van der Waals surface area contributed by atoms with E-state index in [4.69, 9.17) is 0 Å². The molecule has 1 amide bonds. The number of para-hydroxylation sites is 1. The maximum absolute atomic E-state index is 12.6. The lowest BCUT2D eigenvalue weighted by Crippen LogP contribution is -2.23. The minimum atomic E-state index is -0.117. The first-order chi connectivity index (χ1) is 12.5. The number of rotatable bonds is 5. The molecule has 3 rings (SSSR count). The Kier molecular flexibility index (Phi) is 5.42. The number of benzene rings is 2. The van der Waals surface area contributed by atoms with Crippen LogP contribution in [0.1, 0.15) is 18.1 Å². The molecular weight excluding hydrogens is 346 g/mol. The largest absolute Gasteiger partial charge is 0.325 e. The number of carbonyl (C=O) groups is 1. The molecule has 0 aliphatic carbocycles. The SMILES string of the molecule is CCn1c(SCC(=O)Nc2cc(C)ccc2C)nc2ccccc2c1=O. The van der Waals surface area contributed by atoms with Crippen molar-refractivity contribution in [1.29, 1.82) is 0 Å². The lowest BCUT2D eigenvalue weighted by Gasteiger charge is -2.12. The molecule has 0 aliphatic rings. The average molecular weight is 367 g/mol. The van der Waals surface area contributed by atoms with E-state index in [0.29, 0.717) is 22.6 Å². The van der Waals surface area contributed by atoms with Gasteiger partial charge in [-0.3, -0.25) is 14.2 Å². The minimum Gasteiger partial charge on any atom is -0.325 e. The van der Waals surface area contributed by atoms with Crippen molar-refractivity contribution in [3.63, 3.8) is 0 Å². The number of nitrogens with one attached hydrogen (secondary N) is 1. The molecule has 0 radical (unpaired) electrons. The van der Waals surface area contributed by atoms with Crippen molar-refractivity contribution in [3.05, 3.63) is 63.9 Å². The van der Waals surface area contributed by atoms with Crippen molar-refractivity contribution in [2.45, 2.75) is 32.5 Å². The third-order valence-corrected chi connectivity index (χ3v) is 5.12. The summed E-state index contributed by atoms with van der Waals surface area (Å²) in [7, 11) is 0. The van der Waals surface area contributed by atoms with Crippen molar-refractivity contribution in [1.82, 2.24) is 9.55 Å². The number of hydrogen-bond donors (Lipinski definition) is 1. The maximum Gasteiger partial charge on any atom is 0.262 e. The molecule has 134 valence electrons. The average Bonchev–Trinajstić information content (AvgIpc) is 2.63. The standard InChI is InChI=1S/C20H21N3O2S/c1-4-23-19(25)15-7-5-6-8-16(15)22-20(23)26-12-18(24)21-17-11-13(2)9-10-14(17)3/h5-11H,4,12H2,1-3H3,(H,21,24). The van der Waals surface area contributed by atoms with E-state index in [0.717, 1.165) is 16.8 Å². The van der Waals surface area contributed by atoms with Crippen LogP contribution in [-0.4, -0.2) is 21.2 Å². The number of fused-ring (bicyclic) bond motifs is 1. The number of thioether (sulfide) groups is 1. The molecule has 0 bridgehead atoms. The van der Waals surface area contributed by atoms with Crippen molar-refractivity contribution >= 4 is 34.3 Å². The molecule has 3 aromatic rings. The van der Waals surface area contributed by atoms with Crippen LogP contribution in [0, 0.1) is 13.8 Å². The van der Waals surface area contributed by atoms with Crippen LogP contribution in [0.4, 0.5) is 5.69 Å². The fourth-order valence-electron chi connectivity index (χ4n) is 2.72. The first-order valence-corrected chi connectivity index (χ1v) is 9.47. The Labute approximate surface area is 156 Å². The van der Waals surface area contributed by atoms with Crippen LogP contribution in [0.15, 0.2) is 52.4 Å². The predicted octanol–water partition coefficient (Wildman–Crippen LogP) is 3.76. The summed E-state index contributed by atoms with van der Waals surface area (Å²) >= 11 is 1.28. The Morgan fingerprint density at radius 1 is 1.19 bits per heavy atom. The van der Waals surface area contributed by atoms with E-state index in [-0.39, 0.29) is 17.2 Å². The van der Waals surface area contributed by atoms with Crippen molar-refractivity contribution in [2.75, 3.05) is 11.1 Å². The van der Waals surface area contributed by atoms with Gasteiger partial charge in [0.1, 0.15) is 0 Å². The zero-order valence-corrected chi connectivity index (χ0v) is 15.9. The topological polar surface area (TPSA) is 64.0 Å². The normalized spacial score (nSPS) is 10.9.